The zero-order chi connectivity index (χ0) is 29.4. The van der Waals surface area contributed by atoms with Gasteiger partial charge in [-0.3, -0.25) is 14.0 Å². The van der Waals surface area contributed by atoms with E-state index in [9.17, 15) is 22.5 Å². The van der Waals surface area contributed by atoms with Crippen LogP contribution in [-0.4, -0.2) is 46.1 Å². The Labute approximate surface area is 239 Å². The molecule has 6 rings (SSSR count). The summed E-state index contributed by atoms with van der Waals surface area (Å²) in [5, 5.41) is 11.2. The third-order valence-electron chi connectivity index (χ3n) is 8.53. The van der Waals surface area contributed by atoms with Gasteiger partial charge in [0.25, 0.3) is 0 Å². The number of Topliss-reactive ketones (excluding diaryl/α,β-unsaturated/α-hetero) is 1. The van der Waals surface area contributed by atoms with E-state index in [2.05, 4.69) is 4.98 Å². The third-order valence-corrected chi connectivity index (χ3v) is 12.6. The Hall–Kier alpha value is -3.40. The van der Waals surface area contributed by atoms with Crippen LogP contribution in [0.4, 0.5) is 4.39 Å². The smallest absolute Gasteiger partial charge is 0.197 e. The third kappa shape index (κ3) is 4.51. The normalized spacial score (nSPS) is 23.8. The van der Waals surface area contributed by atoms with E-state index in [1.54, 1.807) is 31.5 Å². The SMILES string of the molecule is CC1(c2cc(-c3cccc(CC(F)(C(=O)C4CC4)c4ccc(S(C)(=O)=O)cc4)c3)c3ncccc3c2)C(O)=S1(C)=O. The number of halogens is 1. The van der Waals surface area contributed by atoms with Gasteiger partial charge < -0.3 is 5.11 Å². The summed E-state index contributed by atoms with van der Waals surface area (Å²) in [6, 6.07) is 20.2. The van der Waals surface area contributed by atoms with Gasteiger partial charge in [0.2, 0.25) is 0 Å². The van der Waals surface area contributed by atoms with Gasteiger partial charge in [0, 0.05) is 51.5 Å². The number of hydrogen-bond acceptors (Lipinski definition) is 5. The Bertz CT molecular complexity index is 1980. The molecule has 1 N–H and O–H groups in total. The molecule has 212 valence electrons. The molecule has 3 atom stereocenters. The Morgan fingerprint density at radius 3 is 2.39 bits per heavy atom. The maximum absolute atomic E-state index is 16.9. The zero-order valence-corrected chi connectivity index (χ0v) is 24.6. The highest BCUT2D eigenvalue weighted by atomic mass is 32.2. The maximum Gasteiger partial charge on any atom is 0.197 e. The van der Waals surface area contributed by atoms with Crippen LogP contribution in [0.5, 0.6) is 0 Å². The van der Waals surface area contributed by atoms with Crippen LogP contribution in [0, 0.1) is 5.92 Å². The van der Waals surface area contributed by atoms with E-state index in [1.165, 1.54) is 24.3 Å². The molecule has 0 amide bonds. The van der Waals surface area contributed by atoms with Crippen molar-refractivity contribution in [2.24, 2.45) is 5.92 Å². The van der Waals surface area contributed by atoms with Crippen LogP contribution in [0.25, 0.3) is 22.0 Å². The van der Waals surface area contributed by atoms with Gasteiger partial charge in [-0.1, -0.05) is 42.5 Å². The fourth-order valence-corrected chi connectivity index (χ4v) is 8.32. The second-order valence-electron chi connectivity index (χ2n) is 11.4. The number of rotatable bonds is 8. The fraction of sp³-hybridized carbons (Fsp3) is 0.281. The van der Waals surface area contributed by atoms with Crippen molar-refractivity contribution >= 4 is 41.1 Å². The average Bonchev–Trinajstić information content (AvgIpc) is 3.86. The number of pyridine rings is 1. The number of ketones is 1. The number of sulfone groups is 1. The minimum absolute atomic E-state index is 0.0318. The first-order valence-corrected chi connectivity index (χ1v) is 17.2. The van der Waals surface area contributed by atoms with Crippen molar-refractivity contribution in [1.82, 2.24) is 4.98 Å². The van der Waals surface area contributed by atoms with Crippen LogP contribution in [-0.2, 0) is 41.0 Å². The van der Waals surface area contributed by atoms with Crippen molar-refractivity contribution in [1.29, 1.82) is 0 Å². The Morgan fingerprint density at radius 1 is 1.10 bits per heavy atom. The molecule has 2 heterocycles. The number of carbonyl (C=O) groups excluding carboxylic acids is 1. The first-order chi connectivity index (χ1) is 19.3. The Morgan fingerprint density at radius 2 is 1.78 bits per heavy atom. The number of nitrogens with zero attached hydrogens (tertiary/aromatic N) is 1. The molecule has 3 aromatic carbocycles. The molecule has 0 radical (unpaired) electrons. The second kappa shape index (κ2) is 9.31. The lowest BCUT2D eigenvalue weighted by molar-refractivity contribution is -0.132. The molecule has 1 fully saturated rings. The van der Waals surface area contributed by atoms with E-state index in [4.69, 9.17) is 0 Å². The van der Waals surface area contributed by atoms with Gasteiger partial charge in [-0.2, -0.15) is 0 Å². The van der Waals surface area contributed by atoms with Gasteiger partial charge >= 0.3 is 0 Å². The van der Waals surface area contributed by atoms with Crippen molar-refractivity contribution in [2.75, 3.05) is 12.5 Å². The first-order valence-electron chi connectivity index (χ1n) is 13.3. The minimum Gasteiger partial charge on any atom is -0.355 e. The van der Waals surface area contributed by atoms with E-state index >= 15 is 4.39 Å². The standard InChI is InChI=1S/C32H30FNO5S2/c1-31(30(36)40(31,2)37)25-17-23-8-5-15-34-28(23)27(18-25)22-7-4-6-20(16-22)19-32(33,29(35)21-9-10-21)24-11-13-26(14-12-24)41(3,38)39/h4-8,11-18,21,36H,9-10,19H2,1-3H3. The topological polar surface area (TPSA) is 101 Å². The Kier molecular flexibility index (Phi) is 6.30. The summed E-state index contributed by atoms with van der Waals surface area (Å²) in [5.74, 6) is -0.843. The molecule has 41 heavy (non-hydrogen) atoms. The summed E-state index contributed by atoms with van der Waals surface area (Å²) in [6.45, 7) is 1.76. The van der Waals surface area contributed by atoms with Crippen molar-refractivity contribution in [3.8, 4) is 11.1 Å². The van der Waals surface area contributed by atoms with Crippen LogP contribution in [0.2, 0.25) is 0 Å². The molecule has 1 aromatic heterocycles. The lowest BCUT2D eigenvalue weighted by atomic mass is 9.83. The highest BCUT2D eigenvalue weighted by Crippen LogP contribution is 2.47. The van der Waals surface area contributed by atoms with E-state index < -0.39 is 35.6 Å². The molecule has 1 aliphatic carbocycles. The molecule has 9 heteroatoms. The van der Waals surface area contributed by atoms with E-state index in [0.29, 0.717) is 29.5 Å². The first kappa shape index (κ1) is 27.8. The number of benzene rings is 3. The molecule has 6 nitrogen and oxygen atoms in total. The predicted molar refractivity (Wildman–Crippen MR) is 160 cm³/mol. The molecule has 0 saturated heterocycles. The van der Waals surface area contributed by atoms with Gasteiger partial charge in [-0.25, -0.2) is 12.8 Å². The summed E-state index contributed by atoms with van der Waals surface area (Å²) >= 11 is 0. The van der Waals surface area contributed by atoms with Crippen LogP contribution < -0.4 is 0 Å². The van der Waals surface area contributed by atoms with E-state index in [0.717, 1.165) is 22.8 Å². The molecule has 1 aliphatic heterocycles. The van der Waals surface area contributed by atoms with Gasteiger partial charge in [0.15, 0.2) is 21.3 Å². The van der Waals surface area contributed by atoms with Crippen LogP contribution >= 0.6 is 0 Å². The quantitative estimate of drug-likeness (QED) is 0.271. The van der Waals surface area contributed by atoms with Gasteiger partial charge in [0.05, 0.1) is 10.4 Å². The fourth-order valence-electron chi connectivity index (χ4n) is 5.64. The monoisotopic (exact) mass is 591 g/mol. The summed E-state index contributed by atoms with van der Waals surface area (Å²) in [4.78, 5) is 18.0. The van der Waals surface area contributed by atoms with Crippen LogP contribution in [0.1, 0.15) is 36.5 Å². The molecule has 4 aromatic rings. The summed E-state index contributed by atoms with van der Waals surface area (Å²) in [6.07, 6.45) is 5.38. The largest absolute Gasteiger partial charge is 0.355 e. The number of carbonyl (C=O) groups is 1. The molecule has 1 saturated carbocycles. The second-order valence-corrected chi connectivity index (χ2v) is 16.3. The van der Waals surface area contributed by atoms with Gasteiger partial charge in [-0.15, -0.1) is 0 Å². The van der Waals surface area contributed by atoms with Crippen molar-refractivity contribution in [3.63, 3.8) is 0 Å². The lowest BCUT2D eigenvalue weighted by Crippen LogP contribution is -2.35. The number of fused-ring (bicyclic) bond motifs is 1. The summed E-state index contributed by atoms with van der Waals surface area (Å²) in [5.41, 5.74) is 1.29. The van der Waals surface area contributed by atoms with E-state index in [1.807, 2.05) is 36.4 Å². The van der Waals surface area contributed by atoms with Crippen LogP contribution in [0.15, 0.2) is 83.9 Å². The summed E-state index contributed by atoms with van der Waals surface area (Å²) in [7, 11) is -6.04. The van der Waals surface area contributed by atoms with Crippen molar-refractivity contribution in [2.45, 2.75) is 41.5 Å². The van der Waals surface area contributed by atoms with Crippen LogP contribution in [0.3, 0.4) is 0 Å². The average molecular weight is 592 g/mol. The predicted octanol–water partition coefficient (Wildman–Crippen LogP) is 5.52. The molecule has 0 spiro atoms. The highest BCUT2D eigenvalue weighted by molar-refractivity contribution is 8.11. The molecular formula is C32H30FNO5S2. The molecular weight excluding hydrogens is 561 g/mol. The lowest BCUT2D eigenvalue weighted by Gasteiger charge is -2.25. The van der Waals surface area contributed by atoms with Gasteiger partial charge in [0.1, 0.15) is 9.80 Å². The molecule has 0 bridgehead atoms. The number of aliphatic hydroxyl groups excluding tert-OH is 1. The molecule has 2 aliphatic rings. The zero-order valence-electron chi connectivity index (χ0n) is 22.9. The number of hydrogen-bond donors (Lipinski definition) is 1. The molecule has 3 unspecified atom stereocenters. The number of aliphatic hydroxyl groups is 1. The minimum atomic E-state index is -3.47. The number of aromatic nitrogens is 1. The number of alkyl halides is 1. The van der Waals surface area contributed by atoms with Gasteiger partial charge in [-0.05, 0) is 72.4 Å². The van der Waals surface area contributed by atoms with Crippen molar-refractivity contribution < 1.29 is 26.9 Å². The Balaban J connectivity index is 1.43. The highest BCUT2D eigenvalue weighted by Gasteiger charge is 2.55. The maximum atomic E-state index is 16.9. The van der Waals surface area contributed by atoms with Crippen molar-refractivity contribution in [3.05, 3.63) is 95.7 Å². The van der Waals surface area contributed by atoms with E-state index in [-0.39, 0.29) is 27.8 Å². The summed E-state index contributed by atoms with van der Waals surface area (Å²) < 4.78 is 52.8.